The summed E-state index contributed by atoms with van der Waals surface area (Å²) in [7, 11) is 0. The number of benzene rings is 2. The summed E-state index contributed by atoms with van der Waals surface area (Å²) in [6.45, 7) is 2.11. The van der Waals surface area contributed by atoms with E-state index in [-0.39, 0.29) is 47.1 Å². The highest BCUT2D eigenvalue weighted by molar-refractivity contribution is 5.66. The highest BCUT2D eigenvalue weighted by Crippen LogP contribution is 2.39. The van der Waals surface area contributed by atoms with E-state index in [0.717, 1.165) is 32.1 Å². The minimum absolute atomic E-state index is 0.131. The first-order valence-electron chi connectivity index (χ1n) is 11.4. The Labute approximate surface area is 185 Å². The van der Waals surface area contributed by atoms with Crippen LogP contribution in [0.15, 0.2) is 24.3 Å². The highest BCUT2D eigenvalue weighted by Gasteiger charge is 2.33. The second-order valence-corrected chi connectivity index (χ2v) is 8.82. The SMILES string of the molecule is CCOc1ccc(-c2ccc(C3CCC(C4CCC(N)CC4)OC3)c(F)c2F)c(F)c1F. The van der Waals surface area contributed by atoms with Crippen LogP contribution < -0.4 is 10.5 Å². The molecule has 0 amide bonds. The van der Waals surface area contributed by atoms with Crippen molar-refractivity contribution in [2.45, 2.75) is 63.5 Å². The summed E-state index contributed by atoms with van der Waals surface area (Å²) in [5.41, 5.74) is 5.53. The minimum atomic E-state index is -1.27. The Hall–Kier alpha value is -2.12. The van der Waals surface area contributed by atoms with Crippen molar-refractivity contribution in [2.75, 3.05) is 13.2 Å². The van der Waals surface area contributed by atoms with Gasteiger partial charge in [-0.05, 0) is 69.1 Å². The van der Waals surface area contributed by atoms with Gasteiger partial charge in [-0.1, -0.05) is 12.1 Å². The molecule has 2 aromatic carbocycles. The summed E-state index contributed by atoms with van der Waals surface area (Å²) in [5.74, 6) is -4.78. The van der Waals surface area contributed by atoms with E-state index in [1.165, 1.54) is 24.3 Å². The van der Waals surface area contributed by atoms with Crippen LogP contribution in [0.1, 0.15) is 56.9 Å². The van der Waals surface area contributed by atoms with Gasteiger partial charge in [-0.3, -0.25) is 0 Å². The van der Waals surface area contributed by atoms with E-state index in [4.69, 9.17) is 15.2 Å². The van der Waals surface area contributed by atoms with E-state index in [2.05, 4.69) is 0 Å². The molecule has 2 unspecified atom stereocenters. The van der Waals surface area contributed by atoms with Crippen molar-refractivity contribution in [3.8, 4) is 16.9 Å². The van der Waals surface area contributed by atoms with Gasteiger partial charge in [0.05, 0.1) is 19.3 Å². The van der Waals surface area contributed by atoms with Crippen LogP contribution in [0.5, 0.6) is 5.75 Å². The minimum Gasteiger partial charge on any atom is -0.491 e. The Balaban J connectivity index is 1.50. The van der Waals surface area contributed by atoms with Gasteiger partial charge in [0.15, 0.2) is 23.2 Å². The maximum atomic E-state index is 15.0. The molecule has 0 aromatic heterocycles. The molecule has 1 aliphatic carbocycles. The molecule has 2 N–H and O–H groups in total. The molecule has 174 valence electrons. The Bertz CT molecular complexity index is 951. The summed E-state index contributed by atoms with van der Waals surface area (Å²) in [4.78, 5) is 0. The number of nitrogens with two attached hydrogens (primary N) is 1. The summed E-state index contributed by atoms with van der Waals surface area (Å²) in [5, 5.41) is 0. The monoisotopic (exact) mass is 451 g/mol. The molecule has 3 nitrogen and oxygen atoms in total. The van der Waals surface area contributed by atoms with Crippen LogP contribution in [0, 0.1) is 29.2 Å². The Morgan fingerprint density at radius 2 is 1.50 bits per heavy atom. The van der Waals surface area contributed by atoms with Gasteiger partial charge in [-0.15, -0.1) is 0 Å². The first-order chi connectivity index (χ1) is 15.4. The molecule has 4 rings (SSSR count). The maximum absolute atomic E-state index is 15.0. The molecule has 0 bridgehead atoms. The summed E-state index contributed by atoms with van der Waals surface area (Å²) >= 11 is 0. The molecule has 32 heavy (non-hydrogen) atoms. The Morgan fingerprint density at radius 1 is 0.844 bits per heavy atom. The topological polar surface area (TPSA) is 44.5 Å². The molecular formula is C25H29F4NO2. The van der Waals surface area contributed by atoms with Gasteiger partial charge in [0.1, 0.15) is 0 Å². The standard InChI is InChI=1S/C25H29F4NO2/c1-2-31-21-12-10-19(24(28)25(21)29)18-9-8-17(22(26)23(18)27)15-5-11-20(32-13-15)14-3-6-16(30)7-4-14/h8-10,12,14-16,20H,2-7,11,13,30H2,1H3. The molecule has 2 aromatic rings. The predicted octanol–water partition coefficient (Wildman–Crippen LogP) is 6.09. The molecule has 1 saturated heterocycles. The van der Waals surface area contributed by atoms with Crippen LogP contribution in [0.2, 0.25) is 0 Å². The molecule has 1 saturated carbocycles. The number of halogens is 4. The fraction of sp³-hybridized carbons (Fsp3) is 0.520. The molecule has 0 radical (unpaired) electrons. The molecule has 7 heteroatoms. The van der Waals surface area contributed by atoms with Crippen molar-refractivity contribution in [3.05, 3.63) is 53.1 Å². The highest BCUT2D eigenvalue weighted by atomic mass is 19.2. The van der Waals surface area contributed by atoms with Gasteiger partial charge >= 0.3 is 0 Å². The number of rotatable bonds is 5. The average molecular weight is 452 g/mol. The normalized spacial score (nSPS) is 26.2. The van der Waals surface area contributed by atoms with Gasteiger partial charge in [0, 0.05) is 23.1 Å². The van der Waals surface area contributed by atoms with Crippen molar-refractivity contribution in [2.24, 2.45) is 11.7 Å². The molecule has 1 heterocycles. The van der Waals surface area contributed by atoms with Crippen LogP contribution in [0.4, 0.5) is 17.6 Å². The van der Waals surface area contributed by atoms with E-state index in [1.54, 1.807) is 6.92 Å². The predicted molar refractivity (Wildman–Crippen MR) is 115 cm³/mol. The van der Waals surface area contributed by atoms with Crippen LogP contribution in [-0.4, -0.2) is 25.4 Å². The number of hydrogen-bond acceptors (Lipinski definition) is 3. The van der Waals surface area contributed by atoms with Crippen LogP contribution in [0.3, 0.4) is 0 Å². The maximum Gasteiger partial charge on any atom is 0.201 e. The van der Waals surface area contributed by atoms with Crippen LogP contribution >= 0.6 is 0 Å². The number of hydrogen-bond donors (Lipinski definition) is 1. The van der Waals surface area contributed by atoms with Crippen molar-refractivity contribution < 1.29 is 27.0 Å². The molecule has 2 atom stereocenters. The van der Waals surface area contributed by atoms with Crippen molar-refractivity contribution in [1.82, 2.24) is 0 Å². The third kappa shape index (κ3) is 4.50. The first kappa shape index (κ1) is 23.1. The van der Waals surface area contributed by atoms with E-state index in [9.17, 15) is 17.6 Å². The summed E-state index contributed by atoms with van der Waals surface area (Å²) in [6.07, 6.45) is 5.68. The molecule has 2 fully saturated rings. The lowest BCUT2D eigenvalue weighted by Crippen LogP contribution is -2.36. The fourth-order valence-electron chi connectivity index (χ4n) is 5.00. The lowest BCUT2D eigenvalue weighted by atomic mass is 9.79. The van der Waals surface area contributed by atoms with Gasteiger partial charge in [0.25, 0.3) is 0 Å². The fourth-order valence-corrected chi connectivity index (χ4v) is 5.00. The lowest BCUT2D eigenvalue weighted by Gasteiger charge is -2.37. The van der Waals surface area contributed by atoms with Crippen molar-refractivity contribution in [1.29, 1.82) is 0 Å². The van der Waals surface area contributed by atoms with E-state index in [1.807, 2.05) is 0 Å². The Morgan fingerprint density at radius 3 is 2.12 bits per heavy atom. The number of ether oxygens (including phenoxy) is 2. The zero-order valence-corrected chi connectivity index (χ0v) is 18.2. The van der Waals surface area contributed by atoms with Gasteiger partial charge in [-0.25, -0.2) is 13.2 Å². The van der Waals surface area contributed by atoms with Crippen molar-refractivity contribution >= 4 is 0 Å². The molecule has 1 aliphatic heterocycles. The molecular weight excluding hydrogens is 422 g/mol. The second kappa shape index (κ2) is 9.79. The zero-order chi connectivity index (χ0) is 22.8. The summed E-state index contributed by atoms with van der Waals surface area (Å²) < 4.78 is 69.7. The van der Waals surface area contributed by atoms with Gasteiger partial charge in [-0.2, -0.15) is 4.39 Å². The lowest BCUT2D eigenvalue weighted by molar-refractivity contribution is -0.0414. The molecule has 0 spiro atoms. The van der Waals surface area contributed by atoms with Gasteiger partial charge in [0.2, 0.25) is 5.82 Å². The van der Waals surface area contributed by atoms with E-state index >= 15 is 0 Å². The van der Waals surface area contributed by atoms with Crippen LogP contribution in [-0.2, 0) is 4.74 Å². The average Bonchev–Trinajstić information content (AvgIpc) is 2.80. The third-order valence-electron chi connectivity index (χ3n) is 6.84. The van der Waals surface area contributed by atoms with E-state index < -0.39 is 23.3 Å². The third-order valence-corrected chi connectivity index (χ3v) is 6.84. The largest absolute Gasteiger partial charge is 0.491 e. The van der Waals surface area contributed by atoms with E-state index in [0.29, 0.717) is 18.9 Å². The summed E-state index contributed by atoms with van der Waals surface area (Å²) in [6, 6.07) is 5.45. The van der Waals surface area contributed by atoms with Crippen LogP contribution in [0.25, 0.3) is 11.1 Å². The van der Waals surface area contributed by atoms with Crippen molar-refractivity contribution in [3.63, 3.8) is 0 Å². The second-order valence-electron chi connectivity index (χ2n) is 8.82. The smallest absolute Gasteiger partial charge is 0.201 e. The molecule has 2 aliphatic rings. The zero-order valence-electron chi connectivity index (χ0n) is 18.2. The van der Waals surface area contributed by atoms with Gasteiger partial charge < -0.3 is 15.2 Å². The first-order valence-corrected chi connectivity index (χ1v) is 11.4. The quantitative estimate of drug-likeness (QED) is 0.560. The Kier molecular flexibility index (Phi) is 7.05.